The summed E-state index contributed by atoms with van der Waals surface area (Å²) in [5.41, 5.74) is 2.47. The summed E-state index contributed by atoms with van der Waals surface area (Å²) < 4.78 is 33.4. The Labute approximate surface area is 132 Å². The zero-order valence-corrected chi connectivity index (χ0v) is 12.6. The minimum absolute atomic E-state index is 0.181. The van der Waals surface area contributed by atoms with Gasteiger partial charge in [-0.3, -0.25) is 4.79 Å². The lowest BCUT2D eigenvalue weighted by Crippen LogP contribution is -2.00. The molecule has 0 atom stereocenters. The zero-order chi connectivity index (χ0) is 16.4. The van der Waals surface area contributed by atoms with Gasteiger partial charge in [0.2, 0.25) is 0 Å². The Morgan fingerprint density at radius 2 is 1.91 bits per heavy atom. The number of fused-ring (bicyclic) bond motifs is 1. The summed E-state index contributed by atoms with van der Waals surface area (Å²) in [5, 5.41) is 0.969. The van der Waals surface area contributed by atoms with Crippen molar-refractivity contribution in [2.75, 3.05) is 0 Å². The molecule has 0 aliphatic carbocycles. The monoisotopic (exact) mass is 315 g/mol. The summed E-state index contributed by atoms with van der Waals surface area (Å²) in [6.45, 7) is 1.94. The molecule has 0 aliphatic heterocycles. The van der Waals surface area contributed by atoms with Gasteiger partial charge in [0.1, 0.15) is 6.61 Å². The molecular formula is C18H15F2NO2. The van der Waals surface area contributed by atoms with Crippen LogP contribution in [0.3, 0.4) is 0 Å². The molecule has 0 saturated carbocycles. The number of ether oxygens (including phenoxy) is 1. The first-order chi connectivity index (χ1) is 11.0. The molecule has 2 aromatic carbocycles. The standard InChI is InChI=1S/C18H15F2NO2/c1-12(22)23-11-14-10-21(18-5-3-2-4-15(14)18)9-13-6-7-16(19)17(20)8-13/h2-8,10H,9,11H2,1H3. The van der Waals surface area contributed by atoms with E-state index >= 15 is 0 Å². The van der Waals surface area contributed by atoms with Crippen LogP contribution in [-0.2, 0) is 22.7 Å². The van der Waals surface area contributed by atoms with E-state index < -0.39 is 11.6 Å². The minimum Gasteiger partial charge on any atom is -0.461 e. The first-order valence-corrected chi connectivity index (χ1v) is 7.18. The highest BCUT2D eigenvalue weighted by atomic mass is 19.2. The van der Waals surface area contributed by atoms with Gasteiger partial charge in [0, 0.05) is 36.1 Å². The Bertz CT molecular complexity index is 871. The fourth-order valence-electron chi connectivity index (χ4n) is 2.58. The van der Waals surface area contributed by atoms with Crippen LogP contribution in [0.4, 0.5) is 8.78 Å². The Hall–Kier alpha value is -2.69. The smallest absolute Gasteiger partial charge is 0.302 e. The third-order valence-corrected chi connectivity index (χ3v) is 3.64. The summed E-state index contributed by atoms with van der Waals surface area (Å²) in [6.07, 6.45) is 1.87. The van der Waals surface area contributed by atoms with Crippen LogP contribution in [0.2, 0.25) is 0 Å². The molecule has 118 valence electrons. The van der Waals surface area contributed by atoms with E-state index in [0.29, 0.717) is 12.1 Å². The van der Waals surface area contributed by atoms with Gasteiger partial charge in [-0.2, -0.15) is 0 Å². The average Bonchev–Trinajstić information content (AvgIpc) is 2.87. The van der Waals surface area contributed by atoms with Crippen LogP contribution < -0.4 is 0 Å². The molecule has 0 amide bonds. The lowest BCUT2D eigenvalue weighted by molar-refractivity contribution is -0.142. The largest absolute Gasteiger partial charge is 0.461 e. The second kappa shape index (κ2) is 6.20. The summed E-state index contributed by atoms with van der Waals surface area (Å²) >= 11 is 0. The van der Waals surface area contributed by atoms with Crippen molar-refractivity contribution < 1.29 is 18.3 Å². The minimum atomic E-state index is -0.862. The molecule has 3 aromatic rings. The number of carbonyl (C=O) groups is 1. The predicted molar refractivity (Wildman–Crippen MR) is 82.9 cm³/mol. The molecule has 0 spiro atoms. The SMILES string of the molecule is CC(=O)OCc1cn(Cc2ccc(F)c(F)c2)c2ccccc12. The summed E-state index contributed by atoms with van der Waals surface area (Å²) in [7, 11) is 0. The number of para-hydroxylation sites is 1. The lowest BCUT2D eigenvalue weighted by Gasteiger charge is -2.06. The van der Waals surface area contributed by atoms with E-state index in [1.807, 2.05) is 35.0 Å². The molecule has 0 bridgehead atoms. The van der Waals surface area contributed by atoms with Gasteiger partial charge < -0.3 is 9.30 Å². The van der Waals surface area contributed by atoms with Crippen molar-refractivity contribution in [1.29, 1.82) is 0 Å². The van der Waals surface area contributed by atoms with Gasteiger partial charge >= 0.3 is 5.97 Å². The van der Waals surface area contributed by atoms with E-state index in [4.69, 9.17) is 4.74 Å². The molecule has 23 heavy (non-hydrogen) atoms. The van der Waals surface area contributed by atoms with E-state index in [2.05, 4.69) is 0 Å². The maximum Gasteiger partial charge on any atom is 0.302 e. The Balaban J connectivity index is 1.96. The summed E-state index contributed by atoms with van der Waals surface area (Å²) in [5.74, 6) is -2.07. The number of rotatable bonds is 4. The van der Waals surface area contributed by atoms with Gasteiger partial charge in [0.05, 0.1) is 0 Å². The van der Waals surface area contributed by atoms with E-state index in [1.54, 1.807) is 6.07 Å². The quantitative estimate of drug-likeness (QED) is 0.681. The van der Waals surface area contributed by atoms with Crippen LogP contribution in [0.15, 0.2) is 48.7 Å². The highest BCUT2D eigenvalue weighted by molar-refractivity contribution is 5.84. The fourth-order valence-corrected chi connectivity index (χ4v) is 2.58. The number of carbonyl (C=O) groups excluding carboxylic acids is 1. The zero-order valence-electron chi connectivity index (χ0n) is 12.6. The number of esters is 1. The molecule has 1 heterocycles. The molecule has 0 radical (unpaired) electrons. The highest BCUT2D eigenvalue weighted by Crippen LogP contribution is 2.23. The second-order valence-corrected chi connectivity index (χ2v) is 5.33. The molecule has 5 heteroatoms. The van der Waals surface area contributed by atoms with E-state index in [9.17, 15) is 13.6 Å². The number of hydrogen-bond acceptors (Lipinski definition) is 2. The van der Waals surface area contributed by atoms with Crippen molar-refractivity contribution in [3.8, 4) is 0 Å². The molecule has 0 N–H and O–H groups in total. The average molecular weight is 315 g/mol. The Kier molecular flexibility index (Phi) is 4.10. The van der Waals surface area contributed by atoms with Crippen molar-refractivity contribution in [2.45, 2.75) is 20.1 Å². The van der Waals surface area contributed by atoms with Gasteiger partial charge in [-0.15, -0.1) is 0 Å². The van der Waals surface area contributed by atoms with E-state index in [-0.39, 0.29) is 12.6 Å². The van der Waals surface area contributed by atoms with Crippen LogP contribution in [0.5, 0.6) is 0 Å². The lowest BCUT2D eigenvalue weighted by atomic mass is 10.2. The maximum absolute atomic E-state index is 13.4. The van der Waals surface area contributed by atoms with Crippen LogP contribution in [-0.4, -0.2) is 10.5 Å². The van der Waals surface area contributed by atoms with Crippen molar-refractivity contribution in [1.82, 2.24) is 4.57 Å². The number of hydrogen-bond donors (Lipinski definition) is 0. The van der Waals surface area contributed by atoms with Crippen LogP contribution in [0.1, 0.15) is 18.1 Å². The number of nitrogens with zero attached hydrogens (tertiary/aromatic N) is 1. The third kappa shape index (κ3) is 3.23. The number of aromatic nitrogens is 1. The van der Waals surface area contributed by atoms with E-state index in [0.717, 1.165) is 22.5 Å². The van der Waals surface area contributed by atoms with Gasteiger partial charge in [-0.25, -0.2) is 8.78 Å². The fraction of sp³-hybridized carbons (Fsp3) is 0.167. The molecule has 0 fully saturated rings. The van der Waals surface area contributed by atoms with Crippen molar-refractivity contribution in [2.24, 2.45) is 0 Å². The second-order valence-electron chi connectivity index (χ2n) is 5.33. The van der Waals surface area contributed by atoms with Crippen molar-refractivity contribution >= 4 is 16.9 Å². The summed E-state index contributed by atoms with van der Waals surface area (Å²) in [4.78, 5) is 11.0. The molecule has 0 saturated heterocycles. The first-order valence-electron chi connectivity index (χ1n) is 7.18. The van der Waals surface area contributed by atoms with Crippen LogP contribution in [0.25, 0.3) is 10.9 Å². The number of halogens is 2. The first kappa shape index (κ1) is 15.2. The molecular weight excluding hydrogens is 300 g/mol. The number of benzene rings is 2. The van der Waals surface area contributed by atoms with E-state index in [1.165, 1.54) is 13.0 Å². The molecule has 0 aliphatic rings. The Morgan fingerprint density at radius 1 is 1.13 bits per heavy atom. The highest BCUT2D eigenvalue weighted by Gasteiger charge is 2.10. The molecule has 0 unspecified atom stereocenters. The van der Waals surface area contributed by atoms with Crippen molar-refractivity contribution in [3.63, 3.8) is 0 Å². The molecule has 3 nitrogen and oxygen atoms in total. The van der Waals surface area contributed by atoms with Crippen LogP contribution >= 0.6 is 0 Å². The molecule has 1 aromatic heterocycles. The van der Waals surface area contributed by atoms with Crippen LogP contribution in [0, 0.1) is 11.6 Å². The normalized spacial score (nSPS) is 10.9. The Morgan fingerprint density at radius 3 is 2.65 bits per heavy atom. The maximum atomic E-state index is 13.4. The van der Waals surface area contributed by atoms with Gasteiger partial charge in [0.25, 0.3) is 0 Å². The van der Waals surface area contributed by atoms with Gasteiger partial charge in [-0.1, -0.05) is 24.3 Å². The topological polar surface area (TPSA) is 31.2 Å². The van der Waals surface area contributed by atoms with Gasteiger partial charge in [-0.05, 0) is 23.8 Å². The predicted octanol–water partition coefficient (Wildman–Crippen LogP) is 4.03. The molecule has 3 rings (SSSR count). The summed E-state index contributed by atoms with van der Waals surface area (Å²) in [6, 6.07) is 11.6. The van der Waals surface area contributed by atoms with Gasteiger partial charge in [0.15, 0.2) is 11.6 Å². The third-order valence-electron chi connectivity index (χ3n) is 3.64. The van der Waals surface area contributed by atoms with Crippen molar-refractivity contribution in [3.05, 3.63) is 71.4 Å².